The third-order valence-electron chi connectivity index (χ3n) is 4.75. The van der Waals surface area contributed by atoms with Gasteiger partial charge in [-0.2, -0.15) is 0 Å². The summed E-state index contributed by atoms with van der Waals surface area (Å²) >= 11 is 4.40. The maximum atomic E-state index is 4.40. The summed E-state index contributed by atoms with van der Waals surface area (Å²) in [6.07, 6.45) is 5.01. The number of hydrogen-bond acceptors (Lipinski definition) is 1. The van der Waals surface area contributed by atoms with Gasteiger partial charge in [0.15, 0.2) is 0 Å². The molecule has 4 rings (SSSR count). The van der Waals surface area contributed by atoms with Gasteiger partial charge < -0.3 is 0 Å². The van der Waals surface area contributed by atoms with E-state index in [0.29, 0.717) is 0 Å². The van der Waals surface area contributed by atoms with Crippen molar-refractivity contribution in [2.75, 3.05) is 0 Å². The topological polar surface area (TPSA) is 0 Å². The van der Waals surface area contributed by atoms with Gasteiger partial charge >= 0.3 is 0 Å². The zero-order valence-corrected chi connectivity index (χ0v) is 26.3. The molecule has 2 radical (unpaired) electrons. The first kappa shape index (κ1) is 32.3. The van der Waals surface area contributed by atoms with Gasteiger partial charge in [-0.1, -0.05) is 74.9 Å². The molecular weight excluding hydrogens is 534 g/mol. The fourth-order valence-corrected chi connectivity index (χ4v) is 3.65. The van der Waals surface area contributed by atoms with Crippen molar-refractivity contribution in [1.82, 2.24) is 0 Å². The molecule has 0 atom stereocenters. The molecule has 1 aromatic rings. The summed E-state index contributed by atoms with van der Waals surface area (Å²) in [5.74, 6) is 0. The quantitative estimate of drug-likeness (QED) is 0.235. The normalized spacial score (nSPS) is 14.5. The van der Waals surface area contributed by atoms with Gasteiger partial charge in [-0.15, -0.1) is 12.6 Å². The first-order valence-corrected chi connectivity index (χ1v) is 11.0. The number of benzene rings is 1. The molecule has 3 aliphatic rings. The van der Waals surface area contributed by atoms with Crippen LogP contribution in [0.1, 0.15) is 85.3 Å². The Labute approximate surface area is 240 Å². The number of fused-ring (bicyclic) bond motifs is 1. The predicted molar refractivity (Wildman–Crippen MR) is 129 cm³/mol. The van der Waals surface area contributed by atoms with Crippen LogP contribution >= 0.6 is 12.6 Å². The standard InChI is InChI=1S/C12H10.C11H12S.2C2H6.2Y/c1-9-7-8-10(2)12-6-4-3-5-11(9)12;1-8-6-7-11(12)10-5-3-2-4-9(8)10;2*1-2;;/h3-6H,1-2H3;12H,2-5H2,1H3;2*1-2H3;;. The van der Waals surface area contributed by atoms with E-state index in [9.17, 15) is 0 Å². The van der Waals surface area contributed by atoms with Crippen molar-refractivity contribution < 1.29 is 65.4 Å². The Kier molecular flexibility index (Phi) is 19.0. The third-order valence-corrected chi connectivity index (χ3v) is 5.13. The van der Waals surface area contributed by atoms with E-state index < -0.39 is 0 Å². The van der Waals surface area contributed by atoms with Crippen LogP contribution < -0.4 is 0 Å². The first-order valence-electron chi connectivity index (χ1n) is 10.5. The molecule has 30 heavy (non-hydrogen) atoms. The molecule has 1 aromatic carbocycles. The molecule has 0 saturated carbocycles. The fourth-order valence-electron chi connectivity index (χ4n) is 3.34. The molecule has 0 nitrogen and oxygen atoms in total. The SMILES string of the molecule is CC.CC.CC1=C=C=C(C)c2ccccc21.CC1=C=C=C(S)C2=C1CCCC2.[Y].[Y]. The summed E-state index contributed by atoms with van der Waals surface area (Å²) in [5, 5.41) is 0. The zero-order valence-electron chi connectivity index (χ0n) is 19.7. The molecule has 0 spiro atoms. The number of thiol groups is 1. The Balaban J connectivity index is 0. The molecule has 0 aliphatic heterocycles. The van der Waals surface area contributed by atoms with Gasteiger partial charge in [0.1, 0.15) is 0 Å². The van der Waals surface area contributed by atoms with Crippen LogP contribution in [-0.4, -0.2) is 0 Å². The van der Waals surface area contributed by atoms with E-state index in [4.69, 9.17) is 0 Å². The molecule has 0 heterocycles. The van der Waals surface area contributed by atoms with E-state index in [1.807, 2.05) is 27.7 Å². The Morgan fingerprint density at radius 3 is 1.47 bits per heavy atom. The smallest absolute Gasteiger partial charge is 0.0581 e. The third kappa shape index (κ3) is 8.93. The molecule has 0 saturated heterocycles. The molecule has 3 aliphatic carbocycles. The van der Waals surface area contributed by atoms with Gasteiger partial charge in [0.2, 0.25) is 0 Å². The molecule has 0 N–H and O–H groups in total. The van der Waals surface area contributed by atoms with Crippen LogP contribution in [0.15, 0.2) is 68.8 Å². The van der Waals surface area contributed by atoms with Crippen LogP contribution in [-0.2, 0) is 65.4 Å². The minimum Gasteiger partial charge on any atom is -0.134 e. The van der Waals surface area contributed by atoms with Crippen molar-refractivity contribution >= 4 is 23.8 Å². The molecule has 0 bridgehead atoms. The summed E-state index contributed by atoms with van der Waals surface area (Å²) in [7, 11) is 0. The molecule has 154 valence electrons. The van der Waals surface area contributed by atoms with Gasteiger partial charge in [0.25, 0.3) is 0 Å². The van der Waals surface area contributed by atoms with E-state index in [0.717, 1.165) is 4.91 Å². The minimum atomic E-state index is 0. The van der Waals surface area contributed by atoms with Crippen molar-refractivity contribution in [2.45, 2.75) is 74.1 Å². The Morgan fingerprint density at radius 1 is 0.633 bits per heavy atom. The van der Waals surface area contributed by atoms with Gasteiger partial charge in [0, 0.05) is 82.1 Å². The van der Waals surface area contributed by atoms with Gasteiger partial charge in [-0.3, -0.25) is 0 Å². The number of hydrogen-bond donors (Lipinski definition) is 1. The summed E-state index contributed by atoms with van der Waals surface area (Å²) in [4.78, 5) is 1.01. The average molecular weight is 568 g/mol. The van der Waals surface area contributed by atoms with E-state index >= 15 is 0 Å². The summed E-state index contributed by atoms with van der Waals surface area (Å²) in [6.45, 7) is 14.3. The van der Waals surface area contributed by atoms with Gasteiger partial charge in [0.05, 0.1) is 4.91 Å². The van der Waals surface area contributed by atoms with Crippen LogP contribution in [0.5, 0.6) is 0 Å². The molecule has 0 amide bonds. The number of rotatable bonds is 0. The van der Waals surface area contributed by atoms with Crippen LogP contribution in [0.4, 0.5) is 0 Å². The van der Waals surface area contributed by atoms with Gasteiger partial charge in [-0.25, -0.2) is 0 Å². The van der Waals surface area contributed by atoms with E-state index in [-0.39, 0.29) is 65.4 Å². The Morgan fingerprint density at radius 2 is 1.03 bits per heavy atom. The van der Waals surface area contributed by atoms with Crippen LogP contribution in [0.3, 0.4) is 0 Å². The summed E-state index contributed by atoms with van der Waals surface area (Å²) < 4.78 is 0. The Hall–Kier alpha value is 0.118. The van der Waals surface area contributed by atoms with E-state index in [2.05, 4.69) is 80.6 Å². The molecular formula is C27H34SY2. The zero-order chi connectivity index (χ0) is 21.1. The first-order chi connectivity index (χ1) is 13.6. The number of allylic oxidation sites excluding steroid dienone is 5. The largest absolute Gasteiger partial charge is 0.134 e. The van der Waals surface area contributed by atoms with Crippen LogP contribution in [0.25, 0.3) is 11.1 Å². The van der Waals surface area contributed by atoms with Crippen LogP contribution in [0.2, 0.25) is 0 Å². The molecule has 0 unspecified atom stereocenters. The van der Waals surface area contributed by atoms with Crippen molar-refractivity contribution in [2.24, 2.45) is 0 Å². The second-order valence-corrected chi connectivity index (χ2v) is 6.88. The minimum absolute atomic E-state index is 0. The summed E-state index contributed by atoms with van der Waals surface area (Å²) in [6, 6.07) is 8.37. The molecule has 0 fully saturated rings. The average Bonchev–Trinajstić information content (AvgIpc) is 2.77. The maximum absolute atomic E-state index is 4.40. The van der Waals surface area contributed by atoms with Gasteiger partial charge in [-0.05, 0) is 68.7 Å². The Bertz CT molecular complexity index is 862. The maximum Gasteiger partial charge on any atom is 0.0581 e. The van der Waals surface area contributed by atoms with Crippen molar-refractivity contribution in [3.8, 4) is 0 Å². The summed E-state index contributed by atoms with van der Waals surface area (Å²) in [5.41, 5.74) is 21.5. The fraction of sp³-hybridized carbons (Fsp3) is 0.407. The van der Waals surface area contributed by atoms with Crippen molar-refractivity contribution in [3.05, 3.63) is 79.9 Å². The molecule has 0 aromatic heterocycles. The van der Waals surface area contributed by atoms with E-state index in [1.54, 1.807) is 0 Å². The van der Waals surface area contributed by atoms with Crippen molar-refractivity contribution in [1.29, 1.82) is 0 Å². The van der Waals surface area contributed by atoms with Crippen molar-refractivity contribution in [3.63, 3.8) is 0 Å². The monoisotopic (exact) mass is 568 g/mol. The predicted octanol–water partition coefficient (Wildman–Crippen LogP) is 8.69. The second-order valence-electron chi connectivity index (χ2n) is 6.43. The van der Waals surface area contributed by atoms with E-state index in [1.165, 1.54) is 64.7 Å². The second kappa shape index (κ2) is 17.6. The van der Waals surface area contributed by atoms with Crippen LogP contribution in [0, 0.1) is 0 Å². The molecule has 3 heteroatoms.